The van der Waals surface area contributed by atoms with Gasteiger partial charge in [0.1, 0.15) is 12.4 Å². The Hall–Kier alpha value is -1.18. The van der Waals surface area contributed by atoms with Crippen LogP contribution in [0, 0.1) is 0 Å². The number of hydrogen-bond acceptors (Lipinski definition) is 3. The zero-order valence-corrected chi connectivity index (χ0v) is 12.7. The first-order valence-corrected chi connectivity index (χ1v) is 7.04. The number of likely N-dealkylation sites (tertiary alicyclic amines) is 1. The van der Waals surface area contributed by atoms with Crippen LogP contribution in [0.3, 0.4) is 0 Å². The second kappa shape index (κ2) is 6.93. The van der Waals surface area contributed by atoms with Crippen LogP contribution >= 0.6 is 23.2 Å². The Balaban J connectivity index is 1.71. The van der Waals surface area contributed by atoms with Crippen LogP contribution < -0.4 is 4.74 Å². The minimum Gasteiger partial charge on any atom is -0.482 e. The van der Waals surface area contributed by atoms with Crippen LogP contribution in [0.1, 0.15) is 0 Å². The van der Waals surface area contributed by atoms with Crippen molar-refractivity contribution in [3.8, 4) is 5.75 Å². The number of benzene rings is 1. The summed E-state index contributed by atoms with van der Waals surface area (Å²) in [5.74, 6) is -0.0392. The predicted octanol–water partition coefficient (Wildman–Crippen LogP) is 3.16. The highest BCUT2D eigenvalue weighted by atomic mass is 35.5. The molecule has 1 saturated heterocycles. The lowest BCUT2D eigenvalue weighted by Crippen LogP contribution is -2.56. The van der Waals surface area contributed by atoms with Crippen molar-refractivity contribution in [1.82, 2.24) is 4.90 Å². The van der Waals surface area contributed by atoms with Crippen LogP contribution in [0.2, 0.25) is 10.0 Å². The first-order valence-electron chi connectivity index (χ1n) is 6.28. The molecule has 0 bridgehead atoms. The molecule has 0 spiro atoms. The number of carbonyl (C=O) groups is 1. The van der Waals surface area contributed by atoms with Gasteiger partial charge in [0, 0.05) is 18.1 Å². The Kier molecular flexibility index (Phi) is 5.41. The predicted molar refractivity (Wildman–Crippen MR) is 74.3 cm³/mol. The van der Waals surface area contributed by atoms with Gasteiger partial charge < -0.3 is 14.4 Å². The average molecular weight is 358 g/mol. The van der Waals surface area contributed by atoms with Crippen molar-refractivity contribution in [2.75, 3.05) is 26.3 Å². The molecule has 1 heterocycles. The molecule has 0 unspecified atom stereocenters. The van der Waals surface area contributed by atoms with Gasteiger partial charge in [-0.3, -0.25) is 4.79 Å². The van der Waals surface area contributed by atoms with E-state index in [1.165, 1.54) is 17.0 Å². The lowest BCUT2D eigenvalue weighted by molar-refractivity contribution is -0.200. The van der Waals surface area contributed by atoms with Crippen LogP contribution in [0.5, 0.6) is 5.75 Å². The maximum absolute atomic E-state index is 12.0. The number of rotatable bonds is 5. The van der Waals surface area contributed by atoms with Crippen molar-refractivity contribution in [2.45, 2.75) is 12.3 Å². The second-order valence-corrected chi connectivity index (χ2v) is 5.55. The molecule has 1 amide bonds. The molecule has 1 aromatic rings. The first kappa shape index (κ1) is 17.2. The largest absolute Gasteiger partial charge is 0.482 e. The van der Waals surface area contributed by atoms with Gasteiger partial charge in [0.15, 0.2) is 6.61 Å². The number of ether oxygens (including phenoxy) is 2. The molecule has 0 aliphatic carbocycles. The maximum atomic E-state index is 12.0. The summed E-state index contributed by atoms with van der Waals surface area (Å²) in [5, 5.41) is 0.714. The number of carbonyl (C=O) groups excluding carboxylic acids is 1. The lowest BCUT2D eigenvalue weighted by Gasteiger charge is -2.38. The van der Waals surface area contributed by atoms with Crippen molar-refractivity contribution in [3.63, 3.8) is 0 Å². The van der Waals surface area contributed by atoms with E-state index in [0.29, 0.717) is 10.8 Å². The normalized spacial score (nSPS) is 15.6. The van der Waals surface area contributed by atoms with Crippen LogP contribution in [0.15, 0.2) is 18.2 Å². The number of alkyl halides is 3. The number of amides is 1. The van der Waals surface area contributed by atoms with Crippen molar-refractivity contribution < 1.29 is 27.4 Å². The van der Waals surface area contributed by atoms with Gasteiger partial charge in [-0.15, -0.1) is 0 Å². The Bertz CT molecular complexity index is 548. The fourth-order valence-corrected chi connectivity index (χ4v) is 2.25. The highest BCUT2D eigenvalue weighted by Crippen LogP contribution is 2.27. The molecule has 1 aliphatic rings. The van der Waals surface area contributed by atoms with Gasteiger partial charge in [0.25, 0.3) is 5.91 Å². The Morgan fingerprint density at radius 2 is 2.00 bits per heavy atom. The van der Waals surface area contributed by atoms with Crippen molar-refractivity contribution in [2.24, 2.45) is 0 Å². The Labute approximate surface area is 134 Å². The molecule has 4 nitrogen and oxygen atoms in total. The van der Waals surface area contributed by atoms with E-state index in [2.05, 4.69) is 4.74 Å². The molecule has 1 fully saturated rings. The molecule has 1 aromatic carbocycles. The van der Waals surface area contributed by atoms with Crippen LogP contribution in [-0.2, 0) is 9.53 Å². The third-order valence-corrected chi connectivity index (χ3v) is 3.46. The number of nitrogens with zero attached hydrogens (tertiary/aromatic N) is 1. The fraction of sp³-hybridized carbons (Fsp3) is 0.462. The Morgan fingerprint density at radius 3 is 2.59 bits per heavy atom. The molecular formula is C13H12Cl2F3NO3. The summed E-state index contributed by atoms with van der Waals surface area (Å²) in [4.78, 5) is 13.1. The van der Waals surface area contributed by atoms with Gasteiger partial charge >= 0.3 is 6.18 Å². The zero-order valence-electron chi connectivity index (χ0n) is 11.2. The summed E-state index contributed by atoms with van der Waals surface area (Å²) in [6.45, 7) is -1.33. The fourth-order valence-electron chi connectivity index (χ4n) is 1.78. The van der Waals surface area contributed by atoms with Crippen LogP contribution in [0.25, 0.3) is 0 Å². The smallest absolute Gasteiger partial charge is 0.411 e. The molecule has 122 valence electrons. The zero-order chi connectivity index (χ0) is 16.3. The van der Waals surface area contributed by atoms with Crippen LogP contribution in [-0.4, -0.2) is 49.4 Å². The van der Waals surface area contributed by atoms with E-state index in [9.17, 15) is 18.0 Å². The quantitative estimate of drug-likeness (QED) is 0.812. The Morgan fingerprint density at radius 1 is 1.32 bits per heavy atom. The standard InChI is InChI=1S/C13H12Cl2F3NO3/c14-8-1-2-11(10(15)3-8)21-6-12(20)19-4-9(5-19)22-7-13(16,17)18/h1-3,9H,4-7H2. The average Bonchev–Trinajstić information content (AvgIpc) is 2.34. The van der Waals surface area contributed by atoms with Gasteiger partial charge in [-0.2, -0.15) is 13.2 Å². The lowest BCUT2D eigenvalue weighted by atomic mass is 10.1. The summed E-state index contributed by atoms with van der Waals surface area (Å²) >= 11 is 11.6. The van der Waals surface area contributed by atoms with E-state index in [1.807, 2.05) is 0 Å². The number of halogens is 5. The minimum absolute atomic E-state index is 0.118. The van der Waals surface area contributed by atoms with E-state index >= 15 is 0 Å². The van der Waals surface area contributed by atoms with Crippen molar-refractivity contribution >= 4 is 29.1 Å². The highest BCUT2D eigenvalue weighted by Gasteiger charge is 2.35. The summed E-state index contributed by atoms with van der Waals surface area (Å²) in [7, 11) is 0. The summed E-state index contributed by atoms with van der Waals surface area (Å²) in [5.41, 5.74) is 0. The van der Waals surface area contributed by atoms with Gasteiger partial charge in [-0.1, -0.05) is 23.2 Å². The SMILES string of the molecule is O=C(COc1ccc(Cl)cc1Cl)N1CC(OCC(F)(F)F)C1. The van der Waals surface area contributed by atoms with E-state index in [1.54, 1.807) is 6.07 Å². The molecular weight excluding hydrogens is 346 g/mol. The van der Waals surface area contributed by atoms with Gasteiger partial charge in [-0.05, 0) is 18.2 Å². The first-order chi connectivity index (χ1) is 10.2. The third-order valence-electron chi connectivity index (χ3n) is 2.93. The number of hydrogen-bond donors (Lipinski definition) is 0. The molecule has 22 heavy (non-hydrogen) atoms. The summed E-state index contributed by atoms with van der Waals surface area (Å²) < 4.78 is 45.8. The summed E-state index contributed by atoms with van der Waals surface area (Å²) in [6.07, 6.45) is -4.96. The molecule has 1 aliphatic heterocycles. The second-order valence-electron chi connectivity index (χ2n) is 4.71. The van der Waals surface area contributed by atoms with Crippen LogP contribution in [0.4, 0.5) is 13.2 Å². The monoisotopic (exact) mass is 357 g/mol. The molecule has 0 N–H and O–H groups in total. The van der Waals surface area contributed by atoms with Gasteiger partial charge in [0.2, 0.25) is 0 Å². The van der Waals surface area contributed by atoms with Crippen molar-refractivity contribution in [3.05, 3.63) is 28.2 Å². The maximum Gasteiger partial charge on any atom is 0.411 e. The molecule has 0 aromatic heterocycles. The van der Waals surface area contributed by atoms with Crippen molar-refractivity contribution in [1.29, 1.82) is 0 Å². The van der Waals surface area contributed by atoms with Gasteiger partial charge in [0.05, 0.1) is 11.1 Å². The third kappa shape index (κ3) is 4.93. The molecule has 0 saturated carbocycles. The molecule has 2 rings (SSSR count). The minimum atomic E-state index is -4.36. The topological polar surface area (TPSA) is 38.8 Å². The van der Waals surface area contributed by atoms with E-state index < -0.39 is 18.9 Å². The van der Waals surface area contributed by atoms with E-state index in [4.69, 9.17) is 27.9 Å². The van der Waals surface area contributed by atoms with E-state index in [-0.39, 0.29) is 30.6 Å². The highest BCUT2D eigenvalue weighted by molar-refractivity contribution is 6.35. The van der Waals surface area contributed by atoms with Gasteiger partial charge in [-0.25, -0.2) is 0 Å². The molecule has 9 heteroatoms. The molecule has 0 atom stereocenters. The molecule has 0 radical (unpaired) electrons. The summed E-state index contributed by atoms with van der Waals surface area (Å²) in [6, 6.07) is 4.58. The van der Waals surface area contributed by atoms with E-state index in [0.717, 1.165) is 0 Å².